The van der Waals surface area contributed by atoms with Crippen LogP contribution in [0.2, 0.25) is 0 Å². The Labute approximate surface area is 146 Å². The van der Waals surface area contributed by atoms with Crippen LogP contribution < -0.4 is 10.2 Å². The maximum absolute atomic E-state index is 12.6. The molecule has 25 heavy (non-hydrogen) atoms. The van der Waals surface area contributed by atoms with Crippen LogP contribution in [0.4, 0.5) is 0 Å². The second-order valence-electron chi connectivity index (χ2n) is 7.16. The Morgan fingerprint density at radius 1 is 1.32 bits per heavy atom. The first kappa shape index (κ1) is 17.5. The van der Waals surface area contributed by atoms with Crippen molar-refractivity contribution in [2.24, 2.45) is 0 Å². The number of carbonyl (C=O) groups excluding carboxylic acids is 1. The normalized spacial score (nSPS) is 18.5. The molecular formula is C20H24O5. The van der Waals surface area contributed by atoms with Gasteiger partial charge in [0.1, 0.15) is 16.9 Å². The van der Waals surface area contributed by atoms with Crippen molar-refractivity contribution in [2.75, 3.05) is 6.61 Å². The highest BCUT2D eigenvalue weighted by Gasteiger charge is 2.35. The molecule has 0 saturated heterocycles. The molecule has 0 bridgehead atoms. The van der Waals surface area contributed by atoms with Gasteiger partial charge in [-0.25, -0.2) is 4.79 Å². The van der Waals surface area contributed by atoms with Crippen molar-refractivity contribution in [3.05, 3.63) is 39.2 Å². The van der Waals surface area contributed by atoms with E-state index in [0.717, 1.165) is 29.7 Å². The minimum Gasteiger partial charge on any atom is -0.487 e. The van der Waals surface area contributed by atoms with Crippen LogP contribution in [0.5, 0.6) is 5.75 Å². The Bertz CT molecular complexity index is 891. The van der Waals surface area contributed by atoms with E-state index >= 15 is 0 Å². The van der Waals surface area contributed by atoms with Gasteiger partial charge in [0.2, 0.25) is 5.76 Å². The number of rotatable bonds is 3. The first-order valence-electron chi connectivity index (χ1n) is 8.75. The van der Waals surface area contributed by atoms with Crippen molar-refractivity contribution in [3.8, 4) is 5.75 Å². The van der Waals surface area contributed by atoms with E-state index in [2.05, 4.69) is 20.8 Å². The molecule has 0 N–H and O–H groups in total. The Hall–Kier alpha value is -2.30. The highest BCUT2D eigenvalue weighted by atomic mass is 16.5. The third-order valence-electron chi connectivity index (χ3n) is 4.75. The van der Waals surface area contributed by atoms with Gasteiger partial charge in [0.05, 0.1) is 12.0 Å². The molecule has 0 aliphatic carbocycles. The summed E-state index contributed by atoms with van der Waals surface area (Å²) in [5.74, 6) is 0.376. The number of esters is 1. The molecule has 0 spiro atoms. The third kappa shape index (κ3) is 3.03. The average molecular weight is 344 g/mol. The number of benzene rings is 1. The highest BCUT2D eigenvalue weighted by molar-refractivity contribution is 5.90. The summed E-state index contributed by atoms with van der Waals surface area (Å²) in [6.45, 7) is 10.1. The van der Waals surface area contributed by atoms with Gasteiger partial charge in [0.25, 0.3) is 0 Å². The Kier molecular flexibility index (Phi) is 4.35. The van der Waals surface area contributed by atoms with Gasteiger partial charge in [-0.1, -0.05) is 6.92 Å². The van der Waals surface area contributed by atoms with E-state index in [1.165, 1.54) is 6.07 Å². The number of aryl methyl sites for hydroxylation is 1. The van der Waals surface area contributed by atoms with E-state index in [4.69, 9.17) is 13.9 Å². The molecule has 2 heterocycles. The number of hydrogen-bond donors (Lipinski definition) is 0. The summed E-state index contributed by atoms with van der Waals surface area (Å²) >= 11 is 0. The van der Waals surface area contributed by atoms with Crippen LogP contribution in [-0.2, 0) is 4.74 Å². The lowest BCUT2D eigenvalue weighted by atomic mass is 9.81. The summed E-state index contributed by atoms with van der Waals surface area (Å²) < 4.78 is 16.9. The van der Waals surface area contributed by atoms with Crippen molar-refractivity contribution < 1.29 is 18.7 Å². The molecule has 2 aromatic rings. The first-order chi connectivity index (χ1) is 11.8. The van der Waals surface area contributed by atoms with Crippen LogP contribution in [0.1, 0.15) is 68.1 Å². The predicted octanol–water partition coefficient (Wildman–Crippen LogP) is 4.33. The van der Waals surface area contributed by atoms with E-state index in [1.807, 2.05) is 13.0 Å². The van der Waals surface area contributed by atoms with Crippen molar-refractivity contribution in [1.82, 2.24) is 0 Å². The number of ether oxygens (including phenoxy) is 2. The summed E-state index contributed by atoms with van der Waals surface area (Å²) in [5, 5.41) is 0.478. The molecule has 0 radical (unpaired) electrons. The lowest BCUT2D eigenvalue weighted by Gasteiger charge is -2.38. The maximum Gasteiger partial charge on any atom is 0.374 e. The molecule has 134 valence electrons. The first-order valence-corrected chi connectivity index (χ1v) is 8.75. The topological polar surface area (TPSA) is 65.7 Å². The summed E-state index contributed by atoms with van der Waals surface area (Å²) in [6, 6.07) is 3.07. The molecule has 1 aromatic carbocycles. The quantitative estimate of drug-likeness (QED) is 0.775. The van der Waals surface area contributed by atoms with Gasteiger partial charge >= 0.3 is 5.97 Å². The van der Waals surface area contributed by atoms with Gasteiger partial charge in [-0.2, -0.15) is 0 Å². The lowest BCUT2D eigenvalue weighted by Crippen LogP contribution is -2.35. The minimum absolute atomic E-state index is 0.0792. The molecule has 3 rings (SSSR count). The molecule has 1 aliphatic heterocycles. The Balaban J connectivity index is 2.26. The summed E-state index contributed by atoms with van der Waals surface area (Å²) in [7, 11) is 0. The largest absolute Gasteiger partial charge is 0.487 e. The van der Waals surface area contributed by atoms with Crippen molar-refractivity contribution in [1.29, 1.82) is 0 Å². The zero-order valence-corrected chi connectivity index (χ0v) is 15.4. The molecule has 1 unspecified atom stereocenters. The summed E-state index contributed by atoms with van der Waals surface area (Å²) in [4.78, 5) is 24.5. The highest BCUT2D eigenvalue weighted by Crippen LogP contribution is 2.46. The molecule has 1 atom stereocenters. The molecule has 5 nitrogen and oxygen atoms in total. The molecule has 0 fully saturated rings. The smallest absolute Gasteiger partial charge is 0.374 e. The van der Waals surface area contributed by atoms with Crippen LogP contribution in [0, 0.1) is 6.92 Å². The SMILES string of the molecule is CCOC(=O)c1cc(=O)c2cc3c(c(C)c2o1)OC(C)(C)CC3CC. The van der Waals surface area contributed by atoms with Gasteiger partial charge in [0, 0.05) is 11.6 Å². The monoisotopic (exact) mass is 344 g/mol. The van der Waals surface area contributed by atoms with E-state index in [-0.39, 0.29) is 23.4 Å². The number of carbonyl (C=O) groups is 1. The number of hydrogen-bond acceptors (Lipinski definition) is 5. The van der Waals surface area contributed by atoms with Gasteiger partial charge in [-0.15, -0.1) is 0 Å². The fraction of sp³-hybridized carbons (Fsp3) is 0.500. The Morgan fingerprint density at radius 2 is 2.04 bits per heavy atom. The van der Waals surface area contributed by atoms with Gasteiger partial charge in [0.15, 0.2) is 5.43 Å². The number of fused-ring (bicyclic) bond motifs is 2. The minimum atomic E-state index is -0.633. The van der Waals surface area contributed by atoms with Crippen LogP contribution in [-0.4, -0.2) is 18.2 Å². The molecule has 5 heteroatoms. The standard InChI is InChI=1S/C20H24O5/c1-6-12-10-20(4,5)25-18-11(3)17-14(8-13(12)18)15(21)9-16(24-17)19(22)23-7-2/h8-9,12H,6-7,10H2,1-5H3. The van der Waals surface area contributed by atoms with Crippen molar-refractivity contribution in [3.63, 3.8) is 0 Å². The third-order valence-corrected chi connectivity index (χ3v) is 4.75. The van der Waals surface area contributed by atoms with Gasteiger partial charge < -0.3 is 13.9 Å². The van der Waals surface area contributed by atoms with Gasteiger partial charge in [-0.05, 0) is 58.1 Å². The molecule has 0 saturated carbocycles. The van der Waals surface area contributed by atoms with Crippen LogP contribution in [0.15, 0.2) is 21.3 Å². The molecule has 1 aliphatic rings. The summed E-state index contributed by atoms with van der Waals surface area (Å²) in [5.41, 5.74) is 1.66. The predicted molar refractivity (Wildman–Crippen MR) is 95.5 cm³/mol. The zero-order chi connectivity index (χ0) is 18.4. The van der Waals surface area contributed by atoms with E-state index in [9.17, 15) is 9.59 Å². The van der Waals surface area contributed by atoms with Gasteiger partial charge in [-0.3, -0.25) is 4.79 Å². The molecule has 1 aromatic heterocycles. The maximum atomic E-state index is 12.6. The van der Waals surface area contributed by atoms with Crippen LogP contribution >= 0.6 is 0 Å². The fourth-order valence-corrected chi connectivity index (χ4v) is 3.59. The summed E-state index contributed by atoms with van der Waals surface area (Å²) in [6.07, 6.45) is 1.87. The van der Waals surface area contributed by atoms with Crippen molar-refractivity contribution >= 4 is 16.9 Å². The van der Waals surface area contributed by atoms with E-state index < -0.39 is 5.97 Å². The zero-order valence-electron chi connectivity index (χ0n) is 15.4. The fourth-order valence-electron chi connectivity index (χ4n) is 3.59. The second kappa shape index (κ2) is 6.21. The lowest BCUT2D eigenvalue weighted by molar-refractivity contribution is 0.0489. The van der Waals surface area contributed by atoms with Crippen LogP contribution in [0.3, 0.4) is 0 Å². The molecular weight excluding hydrogens is 320 g/mol. The van der Waals surface area contributed by atoms with E-state index in [0.29, 0.717) is 16.9 Å². The van der Waals surface area contributed by atoms with E-state index in [1.54, 1.807) is 6.92 Å². The molecule has 0 amide bonds. The second-order valence-corrected chi connectivity index (χ2v) is 7.16. The van der Waals surface area contributed by atoms with Crippen molar-refractivity contribution in [2.45, 2.75) is 59.0 Å². The van der Waals surface area contributed by atoms with Crippen LogP contribution in [0.25, 0.3) is 11.0 Å². The Morgan fingerprint density at radius 3 is 2.68 bits per heavy atom. The average Bonchev–Trinajstić information content (AvgIpc) is 2.55.